The Labute approximate surface area is 128 Å². The molecule has 0 bridgehead atoms. The number of aryl methyl sites for hydroxylation is 1. The van der Waals surface area contributed by atoms with Gasteiger partial charge in [0, 0.05) is 18.8 Å². The number of aliphatic hydroxyl groups is 1. The van der Waals surface area contributed by atoms with Gasteiger partial charge >= 0.3 is 0 Å². The number of aromatic nitrogens is 1. The molecule has 0 spiro atoms. The van der Waals surface area contributed by atoms with Crippen LogP contribution in [-0.4, -0.2) is 22.2 Å². The molecule has 0 radical (unpaired) electrons. The smallest absolute Gasteiger partial charge is 0.0772 e. The Morgan fingerprint density at radius 3 is 2.81 bits per heavy atom. The van der Waals surface area contributed by atoms with Crippen molar-refractivity contribution in [3.63, 3.8) is 0 Å². The molecule has 0 aliphatic heterocycles. The average molecular weight is 288 g/mol. The fraction of sp³-hybridized carbons (Fsp3) is 0.722. The van der Waals surface area contributed by atoms with Crippen molar-refractivity contribution in [3.05, 3.63) is 29.6 Å². The minimum atomic E-state index is -0.526. The van der Waals surface area contributed by atoms with Gasteiger partial charge in [-0.05, 0) is 62.0 Å². The van der Waals surface area contributed by atoms with Gasteiger partial charge in [0.2, 0.25) is 0 Å². The molecule has 1 unspecified atom stereocenters. The molecule has 3 rings (SSSR count). The Hall–Kier alpha value is -0.930. The summed E-state index contributed by atoms with van der Waals surface area (Å²) >= 11 is 0. The fourth-order valence-corrected chi connectivity index (χ4v) is 3.69. The molecule has 21 heavy (non-hydrogen) atoms. The monoisotopic (exact) mass is 288 g/mol. The van der Waals surface area contributed by atoms with Crippen LogP contribution in [0.2, 0.25) is 0 Å². The van der Waals surface area contributed by atoms with E-state index < -0.39 is 5.60 Å². The van der Waals surface area contributed by atoms with Crippen molar-refractivity contribution in [3.8, 4) is 0 Å². The third-order valence-corrected chi connectivity index (χ3v) is 5.41. The second kappa shape index (κ2) is 5.69. The number of hydrogen-bond donors (Lipinski definition) is 2. The van der Waals surface area contributed by atoms with E-state index in [9.17, 15) is 5.11 Å². The average Bonchev–Trinajstić information content (AvgIpc) is 2.49. The molecule has 2 aliphatic carbocycles. The lowest BCUT2D eigenvalue weighted by molar-refractivity contribution is -0.0265. The molecule has 1 saturated carbocycles. The Morgan fingerprint density at radius 2 is 2.05 bits per heavy atom. The third kappa shape index (κ3) is 3.46. The molecule has 3 nitrogen and oxygen atoms in total. The lowest BCUT2D eigenvalue weighted by Gasteiger charge is -2.41. The molecule has 3 heteroatoms. The third-order valence-electron chi connectivity index (χ3n) is 5.41. The van der Waals surface area contributed by atoms with Crippen molar-refractivity contribution in [1.82, 2.24) is 10.3 Å². The minimum Gasteiger partial charge on any atom is -0.389 e. The highest BCUT2D eigenvalue weighted by atomic mass is 16.3. The number of hydrogen-bond acceptors (Lipinski definition) is 3. The van der Waals surface area contributed by atoms with Crippen LogP contribution in [0.15, 0.2) is 18.3 Å². The van der Waals surface area contributed by atoms with Crippen molar-refractivity contribution in [2.45, 2.75) is 70.4 Å². The van der Waals surface area contributed by atoms with Gasteiger partial charge in [0.05, 0.1) is 11.3 Å². The van der Waals surface area contributed by atoms with Crippen LogP contribution in [0.5, 0.6) is 0 Å². The van der Waals surface area contributed by atoms with E-state index in [2.05, 4.69) is 30.2 Å². The fourth-order valence-electron chi connectivity index (χ4n) is 3.69. The summed E-state index contributed by atoms with van der Waals surface area (Å²) in [6.45, 7) is 5.31. The maximum absolute atomic E-state index is 10.8. The molecule has 116 valence electrons. The van der Waals surface area contributed by atoms with Crippen molar-refractivity contribution >= 4 is 0 Å². The van der Waals surface area contributed by atoms with E-state index >= 15 is 0 Å². The molecule has 0 amide bonds. The van der Waals surface area contributed by atoms with E-state index in [1.165, 1.54) is 17.7 Å². The molecule has 1 aromatic heterocycles. The van der Waals surface area contributed by atoms with Crippen molar-refractivity contribution in [2.75, 3.05) is 6.54 Å². The van der Waals surface area contributed by atoms with Crippen LogP contribution in [0, 0.1) is 5.41 Å². The topological polar surface area (TPSA) is 45.1 Å². The van der Waals surface area contributed by atoms with Gasteiger partial charge in [-0.15, -0.1) is 0 Å². The van der Waals surface area contributed by atoms with E-state index in [-0.39, 0.29) is 0 Å². The highest BCUT2D eigenvalue weighted by Gasteiger charge is 2.37. The standard InChI is InChI=1S/C18H28N2O/c1-17(2)8-10-18(21,11-9-17)13-20-15-7-3-5-14-6-4-12-19-16(14)15/h4,6,12,15,20-21H,3,5,7-11,13H2,1-2H3. The van der Waals surface area contributed by atoms with E-state index in [0.717, 1.165) is 38.5 Å². The molecule has 2 N–H and O–H groups in total. The predicted molar refractivity (Wildman–Crippen MR) is 85.1 cm³/mol. The first kappa shape index (κ1) is 15.0. The normalized spacial score (nSPS) is 27.1. The van der Waals surface area contributed by atoms with Crippen molar-refractivity contribution in [1.29, 1.82) is 0 Å². The van der Waals surface area contributed by atoms with Gasteiger partial charge in [-0.2, -0.15) is 0 Å². The Balaban J connectivity index is 1.61. The molecule has 0 aromatic carbocycles. The van der Waals surface area contributed by atoms with E-state index in [4.69, 9.17) is 0 Å². The Morgan fingerprint density at radius 1 is 1.29 bits per heavy atom. The number of nitrogens with zero attached hydrogens (tertiary/aromatic N) is 1. The first-order valence-electron chi connectivity index (χ1n) is 8.37. The van der Waals surface area contributed by atoms with Gasteiger partial charge in [0.15, 0.2) is 0 Å². The summed E-state index contributed by atoms with van der Waals surface area (Å²) in [5, 5.41) is 14.4. The van der Waals surface area contributed by atoms with Gasteiger partial charge in [0.1, 0.15) is 0 Å². The second-order valence-corrected chi connectivity index (χ2v) is 7.76. The molecule has 1 heterocycles. The van der Waals surface area contributed by atoms with Crippen LogP contribution in [0.25, 0.3) is 0 Å². The van der Waals surface area contributed by atoms with Crippen molar-refractivity contribution in [2.24, 2.45) is 5.41 Å². The maximum Gasteiger partial charge on any atom is 0.0772 e. The van der Waals surface area contributed by atoms with Gasteiger partial charge in [-0.3, -0.25) is 4.98 Å². The van der Waals surface area contributed by atoms with Crippen LogP contribution in [0.1, 0.15) is 69.7 Å². The lowest BCUT2D eigenvalue weighted by atomic mass is 9.71. The molecule has 0 saturated heterocycles. The largest absolute Gasteiger partial charge is 0.389 e. The van der Waals surface area contributed by atoms with E-state index in [1.807, 2.05) is 12.3 Å². The maximum atomic E-state index is 10.8. The summed E-state index contributed by atoms with van der Waals surface area (Å²) < 4.78 is 0. The number of fused-ring (bicyclic) bond motifs is 1. The van der Waals surface area contributed by atoms with Gasteiger partial charge in [0.25, 0.3) is 0 Å². The van der Waals surface area contributed by atoms with Gasteiger partial charge < -0.3 is 10.4 Å². The van der Waals surface area contributed by atoms with Crippen LogP contribution in [0.4, 0.5) is 0 Å². The lowest BCUT2D eigenvalue weighted by Crippen LogP contribution is -2.46. The van der Waals surface area contributed by atoms with E-state index in [1.54, 1.807) is 0 Å². The van der Waals surface area contributed by atoms with Gasteiger partial charge in [-0.1, -0.05) is 19.9 Å². The molecule has 2 aliphatic rings. The molecular weight excluding hydrogens is 260 g/mol. The molecule has 1 fully saturated rings. The number of pyridine rings is 1. The zero-order chi connectivity index (χ0) is 14.9. The zero-order valence-corrected chi connectivity index (χ0v) is 13.4. The second-order valence-electron chi connectivity index (χ2n) is 7.76. The van der Waals surface area contributed by atoms with Gasteiger partial charge in [-0.25, -0.2) is 0 Å². The molecule has 1 aromatic rings. The summed E-state index contributed by atoms with van der Waals surface area (Å²) in [6, 6.07) is 4.53. The predicted octanol–water partition coefficient (Wildman–Crippen LogP) is 3.38. The molecule has 1 atom stereocenters. The summed E-state index contributed by atoms with van der Waals surface area (Å²) in [7, 11) is 0. The highest BCUT2D eigenvalue weighted by molar-refractivity contribution is 5.25. The van der Waals surface area contributed by atoms with Crippen LogP contribution in [0.3, 0.4) is 0 Å². The van der Waals surface area contributed by atoms with E-state index in [0.29, 0.717) is 18.0 Å². The summed E-state index contributed by atoms with van der Waals surface area (Å²) in [4.78, 5) is 4.57. The molecular formula is C18H28N2O. The minimum absolute atomic E-state index is 0.314. The summed E-state index contributed by atoms with van der Waals surface area (Å²) in [5.74, 6) is 0. The SMILES string of the molecule is CC1(C)CCC(O)(CNC2CCCc3cccnc32)CC1. The number of rotatable bonds is 3. The number of nitrogens with one attached hydrogen (secondary N) is 1. The highest BCUT2D eigenvalue weighted by Crippen LogP contribution is 2.40. The first-order chi connectivity index (χ1) is 9.98. The van der Waals surface area contributed by atoms with Crippen molar-refractivity contribution < 1.29 is 5.11 Å². The Kier molecular flexibility index (Phi) is 4.06. The Bertz CT molecular complexity index is 488. The summed E-state index contributed by atoms with van der Waals surface area (Å²) in [5.41, 5.74) is 2.44. The van der Waals surface area contributed by atoms with Crippen LogP contribution < -0.4 is 5.32 Å². The quantitative estimate of drug-likeness (QED) is 0.896. The first-order valence-corrected chi connectivity index (χ1v) is 8.37. The van der Waals surface area contributed by atoms with Crippen LogP contribution >= 0.6 is 0 Å². The zero-order valence-electron chi connectivity index (χ0n) is 13.4. The van der Waals surface area contributed by atoms with Crippen LogP contribution in [-0.2, 0) is 6.42 Å². The summed E-state index contributed by atoms with van der Waals surface area (Å²) in [6.07, 6.45) is 9.42.